The van der Waals surface area contributed by atoms with Gasteiger partial charge in [0.1, 0.15) is 11.6 Å². The first kappa shape index (κ1) is 44.9. The fourth-order valence-corrected chi connectivity index (χ4v) is 7.65. The Morgan fingerprint density at radius 2 is 1.49 bits per heavy atom. The number of ether oxygens (including phenoxy) is 2. The van der Waals surface area contributed by atoms with E-state index >= 15 is 0 Å². The number of hydrogen-bond acceptors (Lipinski definition) is 8. The second-order valence-electron chi connectivity index (χ2n) is 16.2. The number of nitrogens with one attached hydrogen (secondary N) is 1. The van der Waals surface area contributed by atoms with Gasteiger partial charge in [0.2, 0.25) is 11.8 Å². The highest BCUT2D eigenvalue weighted by atomic mass is 16.5. The van der Waals surface area contributed by atoms with E-state index in [4.69, 9.17) is 9.47 Å². The Labute approximate surface area is 298 Å². The number of Topliss-reactive ketones (excluding diaryl/α,β-unsaturated/α-hetero) is 3. The molecular weight excluding hydrogens is 622 g/mol. The van der Waals surface area contributed by atoms with Crippen LogP contribution >= 0.6 is 0 Å². The van der Waals surface area contributed by atoms with E-state index in [1.807, 2.05) is 53.4 Å². The first-order valence-electron chi connectivity index (χ1n) is 18.7. The van der Waals surface area contributed by atoms with Crippen molar-refractivity contribution >= 4 is 29.2 Å². The summed E-state index contributed by atoms with van der Waals surface area (Å²) in [5, 5.41) is 3.07. The lowest BCUT2D eigenvalue weighted by Crippen LogP contribution is -2.53. The van der Waals surface area contributed by atoms with Crippen molar-refractivity contribution in [3.63, 3.8) is 0 Å². The lowest BCUT2D eigenvalue weighted by atomic mass is 9.81. The van der Waals surface area contributed by atoms with Gasteiger partial charge in [-0.3, -0.25) is 24.0 Å². The molecule has 1 aliphatic heterocycles. The molecule has 10 heteroatoms. The van der Waals surface area contributed by atoms with Crippen molar-refractivity contribution in [1.29, 1.82) is 0 Å². The maximum absolute atomic E-state index is 14.0. The quantitative estimate of drug-likeness (QED) is 0.153. The molecule has 0 bridgehead atoms. The van der Waals surface area contributed by atoms with Crippen molar-refractivity contribution in [1.82, 2.24) is 15.1 Å². The first-order chi connectivity index (χ1) is 22.8. The highest BCUT2D eigenvalue weighted by Gasteiger charge is 2.42. The third-order valence-electron chi connectivity index (χ3n) is 10.7. The van der Waals surface area contributed by atoms with E-state index in [-0.39, 0.29) is 89.7 Å². The SMILES string of the molecule is CC[C@H](CC(=O)[C@H](C)[C@@H](OC)[C@@H]1CCCN1C(=O)C[C@@H](OC)[C@H]([C@@H](C)CC)N(C)C(=O)[C@H](C)CC(=O)[C@@H](NC)C(C)C)C(=O)CC(C)(C)C. The van der Waals surface area contributed by atoms with Crippen molar-refractivity contribution < 1.29 is 33.4 Å². The van der Waals surface area contributed by atoms with Crippen LogP contribution in [0.3, 0.4) is 0 Å². The number of carbonyl (C=O) groups excluding carboxylic acids is 5. The Balaban J connectivity index is 3.15. The van der Waals surface area contributed by atoms with Gasteiger partial charge in [0.25, 0.3) is 0 Å². The Kier molecular flexibility index (Phi) is 18.9. The summed E-state index contributed by atoms with van der Waals surface area (Å²) in [6.07, 6.45) is 2.61. The second-order valence-corrected chi connectivity index (χ2v) is 16.2. The summed E-state index contributed by atoms with van der Waals surface area (Å²) in [4.78, 5) is 70.8. The third-order valence-corrected chi connectivity index (χ3v) is 10.7. The Bertz CT molecular complexity index is 1090. The molecule has 0 aromatic rings. The van der Waals surface area contributed by atoms with E-state index in [1.54, 1.807) is 40.1 Å². The third kappa shape index (κ3) is 12.8. The van der Waals surface area contributed by atoms with Crippen molar-refractivity contribution in [3.8, 4) is 0 Å². The van der Waals surface area contributed by atoms with Gasteiger partial charge in [0, 0.05) is 64.8 Å². The minimum absolute atomic E-state index is 0.00696. The molecule has 0 spiro atoms. The molecule has 1 rings (SSSR count). The number of rotatable bonds is 22. The van der Waals surface area contributed by atoms with Crippen LogP contribution in [0.4, 0.5) is 0 Å². The van der Waals surface area contributed by atoms with Gasteiger partial charge in [0.05, 0.1) is 36.8 Å². The minimum Gasteiger partial charge on any atom is -0.379 e. The zero-order valence-electron chi connectivity index (χ0n) is 33.4. The molecule has 284 valence electrons. The summed E-state index contributed by atoms with van der Waals surface area (Å²) in [5.41, 5.74) is -0.143. The van der Waals surface area contributed by atoms with Gasteiger partial charge >= 0.3 is 0 Å². The first-order valence-corrected chi connectivity index (χ1v) is 18.7. The molecule has 0 radical (unpaired) electrons. The molecule has 1 saturated heterocycles. The van der Waals surface area contributed by atoms with E-state index in [0.29, 0.717) is 25.8 Å². The average molecular weight is 694 g/mol. The van der Waals surface area contributed by atoms with Gasteiger partial charge in [-0.15, -0.1) is 0 Å². The number of amides is 2. The number of hydrogen-bond donors (Lipinski definition) is 1. The van der Waals surface area contributed by atoms with Gasteiger partial charge in [-0.25, -0.2) is 0 Å². The summed E-state index contributed by atoms with van der Waals surface area (Å²) >= 11 is 0. The van der Waals surface area contributed by atoms with E-state index in [2.05, 4.69) is 19.2 Å². The molecule has 1 N–H and O–H groups in total. The lowest BCUT2D eigenvalue weighted by molar-refractivity contribution is -0.147. The minimum atomic E-state index is -0.569. The summed E-state index contributed by atoms with van der Waals surface area (Å²) < 4.78 is 11.9. The van der Waals surface area contributed by atoms with Crippen LogP contribution in [-0.2, 0) is 33.4 Å². The zero-order chi connectivity index (χ0) is 37.8. The molecule has 0 aromatic heterocycles. The summed E-state index contributed by atoms with van der Waals surface area (Å²) in [6, 6.07) is -0.986. The fourth-order valence-electron chi connectivity index (χ4n) is 7.65. The van der Waals surface area contributed by atoms with Crippen LogP contribution in [0.5, 0.6) is 0 Å². The van der Waals surface area contributed by atoms with Gasteiger partial charge < -0.3 is 24.6 Å². The number of ketones is 3. The smallest absolute Gasteiger partial charge is 0.225 e. The summed E-state index contributed by atoms with van der Waals surface area (Å²) in [6.45, 7) is 20.3. The molecule has 0 saturated carbocycles. The monoisotopic (exact) mass is 694 g/mol. The average Bonchev–Trinajstić information content (AvgIpc) is 3.51. The van der Waals surface area contributed by atoms with Crippen LogP contribution < -0.4 is 5.32 Å². The van der Waals surface area contributed by atoms with E-state index < -0.39 is 24.0 Å². The number of likely N-dealkylation sites (tertiary alicyclic amines) is 1. The normalized spacial score (nSPS) is 20.2. The molecule has 49 heavy (non-hydrogen) atoms. The van der Waals surface area contributed by atoms with Gasteiger partial charge in [-0.2, -0.15) is 0 Å². The van der Waals surface area contributed by atoms with E-state index in [9.17, 15) is 24.0 Å². The second kappa shape index (κ2) is 20.6. The summed E-state index contributed by atoms with van der Waals surface area (Å²) in [7, 11) is 6.67. The molecule has 0 aliphatic carbocycles. The van der Waals surface area contributed by atoms with Crippen LogP contribution in [0.15, 0.2) is 0 Å². The topological polar surface area (TPSA) is 122 Å². The van der Waals surface area contributed by atoms with Gasteiger partial charge in [0.15, 0.2) is 5.78 Å². The highest BCUT2D eigenvalue weighted by Crippen LogP contribution is 2.31. The van der Waals surface area contributed by atoms with Crippen LogP contribution in [0.2, 0.25) is 0 Å². The van der Waals surface area contributed by atoms with Gasteiger partial charge in [-0.05, 0) is 43.6 Å². The molecule has 1 heterocycles. The van der Waals surface area contributed by atoms with Crippen molar-refractivity contribution in [3.05, 3.63) is 0 Å². The lowest BCUT2D eigenvalue weighted by Gasteiger charge is -2.40. The molecule has 0 aromatic carbocycles. The standard InChI is InChI=1S/C39H71N3O7/c1-15-25(5)36(41(12)38(47)26(6)20-31(44)35(40-11)24(3)4)33(48-13)22-34(46)42-19-17-18-29(42)37(49-14)27(7)30(43)21-28(16-2)32(45)23-39(8,9)10/h24-29,33,35-37,40H,15-23H2,1-14H3/t25-,26+,27-,28+,29-,33+,35-,36-,37+/m0/s1. The van der Waals surface area contributed by atoms with Crippen LogP contribution in [0.25, 0.3) is 0 Å². The molecule has 10 nitrogen and oxygen atoms in total. The predicted molar refractivity (Wildman–Crippen MR) is 195 cm³/mol. The number of likely N-dealkylation sites (N-methyl/N-ethyl adjacent to an activating group) is 2. The van der Waals surface area contributed by atoms with E-state index in [1.165, 1.54) is 0 Å². The number of carbonyl (C=O) groups is 5. The van der Waals surface area contributed by atoms with Gasteiger partial charge in [-0.1, -0.05) is 75.7 Å². The van der Waals surface area contributed by atoms with Crippen LogP contribution in [-0.4, -0.2) is 104 Å². The Morgan fingerprint density at radius 3 is 1.96 bits per heavy atom. The van der Waals surface area contributed by atoms with Crippen LogP contribution in [0, 0.1) is 35.0 Å². The predicted octanol–water partition coefficient (Wildman–Crippen LogP) is 5.74. The maximum atomic E-state index is 14.0. The maximum Gasteiger partial charge on any atom is 0.225 e. The fraction of sp³-hybridized carbons (Fsp3) is 0.872. The molecular formula is C39H71N3O7. The molecule has 9 atom stereocenters. The van der Waals surface area contributed by atoms with Crippen LogP contribution in [0.1, 0.15) is 121 Å². The molecule has 2 amide bonds. The summed E-state index contributed by atoms with van der Waals surface area (Å²) in [5.74, 6) is -1.34. The number of methoxy groups -OCH3 is 2. The molecule has 1 fully saturated rings. The largest absolute Gasteiger partial charge is 0.379 e. The Hall–Kier alpha value is -2.17. The molecule has 0 unspecified atom stereocenters. The van der Waals surface area contributed by atoms with Crippen molar-refractivity contribution in [2.45, 2.75) is 151 Å². The molecule has 1 aliphatic rings. The Morgan fingerprint density at radius 1 is 0.878 bits per heavy atom. The number of nitrogens with zero attached hydrogens (tertiary/aromatic N) is 2. The van der Waals surface area contributed by atoms with E-state index in [0.717, 1.165) is 12.8 Å². The zero-order valence-corrected chi connectivity index (χ0v) is 33.4. The van der Waals surface area contributed by atoms with Crippen molar-refractivity contribution in [2.24, 2.45) is 35.0 Å². The highest BCUT2D eigenvalue weighted by molar-refractivity contribution is 5.90. The van der Waals surface area contributed by atoms with Crippen molar-refractivity contribution in [2.75, 3.05) is 34.9 Å².